The third kappa shape index (κ3) is 8.93. The van der Waals surface area contributed by atoms with Crippen molar-refractivity contribution in [1.29, 1.82) is 0 Å². The highest BCUT2D eigenvalue weighted by Gasteiger charge is 2.32. The minimum Gasteiger partial charge on any atom is -0.461 e. The molecule has 2 atom stereocenters. The number of nitrogens with one attached hydrogen (secondary N) is 3. The zero-order valence-electron chi connectivity index (χ0n) is 20.5. The fourth-order valence-electron chi connectivity index (χ4n) is 3.27. The lowest BCUT2D eigenvalue weighted by molar-refractivity contribution is -0.168. The molecule has 0 spiro atoms. The Labute approximate surface area is 200 Å². The van der Waals surface area contributed by atoms with Crippen LogP contribution in [0, 0.1) is 11.8 Å². The van der Waals surface area contributed by atoms with E-state index >= 15 is 0 Å². The van der Waals surface area contributed by atoms with Gasteiger partial charge in [0.2, 0.25) is 5.91 Å². The molecule has 1 aromatic carbocycles. The van der Waals surface area contributed by atoms with Crippen molar-refractivity contribution in [2.45, 2.75) is 66.3 Å². The molecule has 1 heterocycles. The highest BCUT2D eigenvalue weighted by atomic mass is 16.7. The van der Waals surface area contributed by atoms with Crippen molar-refractivity contribution < 1.29 is 28.7 Å². The zero-order valence-corrected chi connectivity index (χ0v) is 20.5. The first kappa shape index (κ1) is 27.0. The molecule has 1 aliphatic heterocycles. The fraction of sp³-hybridized carbons (Fsp3) is 0.542. The summed E-state index contributed by atoms with van der Waals surface area (Å²) in [6, 6.07) is 8.49. The molecule has 0 fully saturated rings. The van der Waals surface area contributed by atoms with E-state index in [0.29, 0.717) is 12.8 Å². The Morgan fingerprint density at radius 3 is 2.29 bits per heavy atom. The van der Waals surface area contributed by atoms with Gasteiger partial charge < -0.3 is 24.9 Å². The van der Waals surface area contributed by atoms with Crippen molar-refractivity contribution in [3.8, 4) is 0 Å². The molecule has 2 rings (SSSR count). The van der Waals surface area contributed by atoms with Crippen LogP contribution >= 0.6 is 0 Å². The average Bonchev–Trinajstić information content (AvgIpc) is 3.27. The van der Waals surface area contributed by atoms with Crippen LogP contribution in [-0.2, 0) is 30.5 Å². The number of amides is 2. The normalized spacial score (nSPS) is 15.1. The van der Waals surface area contributed by atoms with E-state index in [0.717, 1.165) is 5.56 Å². The Balaban J connectivity index is 2.00. The van der Waals surface area contributed by atoms with Gasteiger partial charge in [0.25, 0.3) is 0 Å². The number of carbonyl (C=O) groups excluding carboxylic acids is 3. The Bertz CT molecular complexity index is 843. The molecule has 1 aliphatic rings. The molecule has 0 aliphatic carbocycles. The number of ether oxygens (including phenoxy) is 2. The van der Waals surface area contributed by atoms with E-state index in [4.69, 9.17) is 14.3 Å². The number of hydrogen-bond acceptors (Lipinski definition) is 8. The summed E-state index contributed by atoms with van der Waals surface area (Å²) < 4.78 is 10.3. The zero-order chi connectivity index (χ0) is 25.1. The second-order valence-electron chi connectivity index (χ2n) is 8.84. The summed E-state index contributed by atoms with van der Waals surface area (Å²) in [5.41, 5.74) is 3.80. The van der Waals surface area contributed by atoms with E-state index in [9.17, 15) is 14.4 Å². The number of hydrazine groups is 1. The maximum Gasteiger partial charge on any atom is 0.408 e. The van der Waals surface area contributed by atoms with E-state index < -0.39 is 24.3 Å². The van der Waals surface area contributed by atoms with E-state index in [1.165, 1.54) is 11.4 Å². The highest BCUT2D eigenvalue weighted by Crippen LogP contribution is 2.16. The molecular formula is C24H36N4O6. The van der Waals surface area contributed by atoms with Gasteiger partial charge >= 0.3 is 12.1 Å². The summed E-state index contributed by atoms with van der Waals surface area (Å²) in [6.45, 7) is 9.96. The van der Waals surface area contributed by atoms with Crippen molar-refractivity contribution in [3.05, 3.63) is 47.9 Å². The van der Waals surface area contributed by atoms with Gasteiger partial charge in [0.05, 0.1) is 6.61 Å². The minimum absolute atomic E-state index is 0.104. The number of carbonyl (C=O) groups is 3. The first-order valence-electron chi connectivity index (χ1n) is 11.6. The van der Waals surface area contributed by atoms with E-state index in [-0.39, 0.29) is 36.7 Å². The predicted molar refractivity (Wildman–Crippen MR) is 125 cm³/mol. The lowest BCUT2D eigenvalue weighted by atomic mass is 10.0. The fourth-order valence-corrected chi connectivity index (χ4v) is 3.27. The molecule has 0 aromatic heterocycles. The Morgan fingerprint density at radius 2 is 1.68 bits per heavy atom. The third-order valence-corrected chi connectivity index (χ3v) is 4.83. The summed E-state index contributed by atoms with van der Waals surface area (Å²) in [4.78, 5) is 43.0. The monoisotopic (exact) mass is 476 g/mol. The largest absolute Gasteiger partial charge is 0.461 e. The quantitative estimate of drug-likeness (QED) is 0.394. The van der Waals surface area contributed by atoms with Gasteiger partial charge in [-0.05, 0) is 42.3 Å². The molecule has 0 bridgehead atoms. The maximum absolute atomic E-state index is 13.2. The molecule has 34 heavy (non-hydrogen) atoms. The van der Waals surface area contributed by atoms with Gasteiger partial charge in [-0.2, -0.15) is 0 Å². The van der Waals surface area contributed by atoms with Gasteiger partial charge in [0, 0.05) is 0 Å². The van der Waals surface area contributed by atoms with Crippen molar-refractivity contribution in [2.75, 3.05) is 6.61 Å². The van der Waals surface area contributed by atoms with Crippen LogP contribution in [0.5, 0.6) is 0 Å². The van der Waals surface area contributed by atoms with Crippen molar-refractivity contribution in [2.24, 2.45) is 11.8 Å². The molecule has 10 nitrogen and oxygen atoms in total. The van der Waals surface area contributed by atoms with Crippen LogP contribution in [-0.4, -0.2) is 42.0 Å². The van der Waals surface area contributed by atoms with E-state index in [1.807, 2.05) is 58.0 Å². The van der Waals surface area contributed by atoms with Gasteiger partial charge in [0.15, 0.2) is 5.70 Å². The molecule has 0 saturated carbocycles. The van der Waals surface area contributed by atoms with Crippen molar-refractivity contribution >= 4 is 18.0 Å². The first-order chi connectivity index (χ1) is 16.2. The Hall–Kier alpha value is -3.27. The molecule has 1 aromatic rings. The Kier molecular flexibility index (Phi) is 10.7. The predicted octanol–water partition coefficient (Wildman–Crippen LogP) is 2.97. The summed E-state index contributed by atoms with van der Waals surface area (Å²) in [7, 11) is 0. The van der Waals surface area contributed by atoms with Gasteiger partial charge in [-0.3, -0.25) is 10.2 Å². The van der Waals surface area contributed by atoms with Gasteiger partial charge in [-0.15, -0.1) is 0 Å². The summed E-state index contributed by atoms with van der Waals surface area (Å²) in [6.07, 6.45) is 0.901. The number of esters is 1. The maximum atomic E-state index is 13.2. The molecule has 0 saturated heterocycles. The van der Waals surface area contributed by atoms with Crippen LogP contribution in [0.1, 0.15) is 53.0 Å². The van der Waals surface area contributed by atoms with Gasteiger partial charge in [-0.1, -0.05) is 58.0 Å². The van der Waals surface area contributed by atoms with Crippen molar-refractivity contribution in [1.82, 2.24) is 21.2 Å². The standard InChI is InChI=1S/C24H36N4O6/c1-6-32-23(30)20-15-34-28(27-20)21(13-17(4)5)26-22(29)19(12-16(2)3)25-24(31)33-14-18-10-8-7-9-11-18/h7-11,15-17,19,21,27H,6,12-14H2,1-5H3,(H,25,31)(H,26,29)/t19-,21-/m0/s1. The SMILES string of the molecule is CCOC(=O)C1=CON([C@@H](CC(C)C)NC(=O)[C@H](CC(C)C)NC(=O)OCc2ccccc2)N1. The molecule has 188 valence electrons. The molecule has 0 radical (unpaired) electrons. The number of nitrogens with zero attached hydrogens (tertiary/aromatic N) is 1. The van der Waals surface area contributed by atoms with Crippen LogP contribution in [0.15, 0.2) is 42.3 Å². The first-order valence-corrected chi connectivity index (χ1v) is 11.6. The molecule has 3 N–H and O–H groups in total. The minimum atomic E-state index is -0.807. The lowest BCUT2D eigenvalue weighted by Crippen LogP contribution is -2.57. The second-order valence-corrected chi connectivity index (χ2v) is 8.84. The topological polar surface area (TPSA) is 118 Å². The summed E-state index contributed by atoms with van der Waals surface area (Å²) >= 11 is 0. The van der Waals surface area contributed by atoms with E-state index in [1.54, 1.807) is 6.92 Å². The summed E-state index contributed by atoms with van der Waals surface area (Å²) in [5, 5.41) is 6.88. The number of rotatable bonds is 12. The number of hydroxylamine groups is 1. The summed E-state index contributed by atoms with van der Waals surface area (Å²) in [5.74, 6) is -0.590. The third-order valence-electron chi connectivity index (χ3n) is 4.83. The van der Waals surface area contributed by atoms with Crippen LogP contribution < -0.4 is 16.1 Å². The van der Waals surface area contributed by atoms with Crippen LogP contribution in [0.2, 0.25) is 0 Å². The molecule has 2 amide bonds. The smallest absolute Gasteiger partial charge is 0.408 e. The number of benzene rings is 1. The van der Waals surface area contributed by atoms with E-state index in [2.05, 4.69) is 16.1 Å². The number of hydrogen-bond donors (Lipinski definition) is 3. The van der Waals surface area contributed by atoms with Crippen LogP contribution in [0.25, 0.3) is 0 Å². The Morgan fingerprint density at radius 1 is 1.00 bits per heavy atom. The van der Waals surface area contributed by atoms with Crippen molar-refractivity contribution in [3.63, 3.8) is 0 Å². The lowest BCUT2D eigenvalue weighted by Gasteiger charge is -2.30. The molecule has 10 heteroatoms. The number of alkyl carbamates (subject to hydrolysis) is 1. The van der Waals surface area contributed by atoms with Crippen LogP contribution in [0.3, 0.4) is 0 Å². The van der Waals surface area contributed by atoms with Gasteiger partial charge in [-0.25, -0.2) is 9.59 Å². The van der Waals surface area contributed by atoms with Gasteiger partial charge in [0.1, 0.15) is 25.1 Å². The molecule has 0 unspecified atom stereocenters. The highest BCUT2D eigenvalue weighted by molar-refractivity contribution is 5.87. The average molecular weight is 477 g/mol. The van der Waals surface area contributed by atoms with Crippen LogP contribution in [0.4, 0.5) is 4.79 Å². The molecular weight excluding hydrogens is 440 g/mol. The second kappa shape index (κ2) is 13.4.